The number of likely N-dealkylation sites (tertiary alicyclic amines) is 1. The summed E-state index contributed by atoms with van der Waals surface area (Å²) in [6.45, 7) is 5.34. The van der Waals surface area contributed by atoms with Crippen molar-refractivity contribution >= 4 is 22.6 Å². The summed E-state index contributed by atoms with van der Waals surface area (Å²) < 4.78 is 12.5. The molecule has 10 heteroatoms. The summed E-state index contributed by atoms with van der Waals surface area (Å²) in [7, 11) is 5.81. The highest BCUT2D eigenvalue weighted by Crippen LogP contribution is 2.43. The van der Waals surface area contributed by atoms with E-state index in [-0.39, 0.29) is 12.1 Å². The highest BCUT2D eigenvalue weighted by Gasteiger charge is 2.44. The summed E-state index contributed by atoms with van der Waals surface area (Å²) in [4.78, 5) is 11.6. The Morgan fingerprint density at radius 1 is 1.17 bits per heavy atom. The van der Waals surface area contributed by atoms with Crippen LogP contribution in [0, 0.1) is 11.8 Å². The van der Waals surface area contributed by atoms with Gasteiger partial charge < -0.3 is 14.5 Å². The van der Waals surface area contributed by atoms with Crippen LogP contribution in [0.25, 0.3) is 0 Å². The van der Waals surface area contributed by atoms with Crippen LogP contribution in [0.4, 0.5) is 11.1 Å². The quantitative estimate of drug-likeness (QED) is 0.685. The zero-order chi connectivity index (χ0) is 20.7. The minimum absolute atomic E-state index is 0.180. The van der Waals surface area contributed by atoms with Crippen molar-refractivity contribution in [2.45, 2.75) is 44.4 Å². The van der Waals surface area contributed by atoms with Crippen LogP contribution >= 0.6 is 11.5 Å². The summed E-state index contributed by atoms with van der Waals surface area (Å²) in [5.74, 6) is 2.05. The molecule has 3 fully saturated rings. The Kier molecular flexibility index (Phi) is 5.63. The molecule has 2 aliphatic heterocycles. The Bertz CT molecular complexity index is 847. The van der Waals surface area contributed by atoms with Gasteiger partial charge in [0, 0.05) is 52.4 Å². The number of hydrogen-bond acceptors (Lipinski definition) is 9. The van der Waals surface area contributed by atoms with Gasteiger partial charge in [-0.3, -0.25) is 4.90 Å². The normalized spacial score (nSPS) is 29.5. The number of aromatic nitrogens is 5. The fourth-order valence-corrected chi connectivity index (χ4v) is 6.07. The van der Waals surface area contributed by atoms with Crippen LogP contribution in [0.15, 0.2) is 6.20 Å². The van der Waals surface area contributed by atoms with Crippen molar-refractivity contribution in [3.63, 3.8) is 0 Å². The Balaban J connectivity index is 1.27. The predicted octanol–water partition coefficient (Wildman–Crippen LogP) is 1.89. The van der Waals surface area contributed by atoms with Crippen LogP contribution in [-0.4, -0.2) is 82.7 Å². The van der Waals surface area contributed by atoms with Gasteiger partial charge >= 0.3 is 0 Å². The number of methoxy groups -OCH3 is 1. The molecule has 1 aliphatic carbocycles. The van der Waals surface area contributed by atoms with E-state index >= 15 is 0 Å². The topological polar surface area (TPSA) is 75.4 Å². The largest absolute Gasteiger partial charge is 0.379 e. The van der Waals surface area contributed by atoms with Gasteiger partial charge in [0.15, 0.2) is 0 Å². The van der Waals surface area contributed by atoms with Crippen LogP contribution < -0.4 is 9.80 Å². The smallest absolute Gasteiger partial charge is 0.238 e. The van der Waals surface area contributed by atoms with Crippen LogP contribution in [0.3, 0.4) is 0 Å². The molecule has 1 saturated carbocycles. The van der Waals surface area contributed by atoms with Crippen molar-refractivity contribution in [3.8, 4) is 0 Å². The number of nitrogens with zero attached hydrogens (tertiary/aromatic N) is 8. The van der Waals surface area contributed by atoms with Gasteiger partial charge in [-0.25, -0.2) is 4.68 Å². The molecule has 0 bridgehead atoms. The molecule has 0 aromatic carbocycles. The maximum absolute atomic E-state index is 5.94. The Hall–Kier alpha value is -1.78. The number of rotatable bonds is 6. The molecular formula is C20H32N8OS. The highest BCUT2D eigenvalue weighted by atomic mass is 32.1. The Morgan fingerprint density at radius 3 is 2.63 bits per heavy atom. The molecule has 0 radical (unpaired) electrons. The minimum atomic E-state index is 0.180. The Morgan fingerprint density at radius 2 is 1.93 bits per heavy atom. The van der Waals surface area contributed by atoms with Gasteiger partial charge in [0.25, 0.3) is 0 Å². The molecule has 30 heavy (non-hydrogen) atoms. The van der Waals surface area contributed by atoms with Crippen LogP contribution in [-0.2, 0) is 11.3 Å². The van der Waals surface area contributed by atoms with E-state index in [2.05, 4.69) is 35.4 Å². The second-order valence-corrected chi connectivity index (χ2v) is 9.91. The van der Waals surface area contributed by atoms with Crippen molar-refractivity contribution in [2.75, 3.05) is 57.2 Å². The predicted molar refractivity (Wildman–Crippen MR) is 117 cm³/mol. The van der Waals surface area contributed by atoms with Gasteiger partial charge in [0.05, 0.1) is 24.0 Å². The molecule has 9 nitrogen and oxygen atoms in total. The van der Waals surface area contributed by atoms with Crippen molar-refractivity contribution < 1.29 is 4.74 Å². The van der Waals surface area contributed by atoms with Crippen LogP contribution in [0.2, 0.25) is 0 Å². The molecule has 4 atom stereocenters. The molecule has 2 aromatic heterocycles. The zero-order valence-electron chi connectivity index (χ0n) is 18.1. The first-order valence-corrected chi connectivity index (χ1v) is 11.8. The molecule has 0 amide bonds. The molecule has 0 spiro atoms. The van der Waals surface area contributed by atoms with Crippen molar-refractivity contribution in [2.24, 2.45) is 11.8 Å². The molecule has 2 saturated heterocycles. The lowest BCUT2D eigenvalue weighted by molar-refractivity contribution is -0.00543. The van der Waals surface area contributed by atoms with E-state index in [0.29, 0.717) is 11.8 Å². The lowest BCUT2D eigenvalue weighted by Crippen LogP contribution is -2.37. The molecule has 5 rings (SSSR count). The molecule has 4 heterocycles. The SMILES string of the molecule is CO[C@@H]1C[C@H]2CN(c3nc(N(C)C)ns3)C[C@H]2C[C@H]1n1cc(CN2CCCC2)nn1. The lowest BCUT2D eigenvalue weighted by Gasteiger charge is -2.36. The van der Waals surface area contributed by atoms with E-state index in [1.165, 1.54) is 37.5 Å². The number of fused-ring (bicyclic) bond motifs is 1. The van der Waals surface area contributed by atoms with Gasteiger partial charge in [-0.05, 0) is 50.6 Å². The van der Waals surface area contributed by atoms with E-state index in [9.17, 15) is 0 Å². The Labute approximate surface area is 182 Å². The van der Waals surface area contributed by atoms with Crippen LogP contribution in [0.5, 0.6) is 0 Å². The number of ether oxygens (including phenoxy) is 1. The summed E-state index contributed by atoms with van der Waals surface area (Å²) >= 11 is 1.50. The van der Waals surface area contributed by atoms with Crippen molar-refractivity contribution in [1.82, 2.24) is 29.3 Å². The molecule has 2 aromatic rings. The van der Waals surface area contributed by atoms with E-state index in [0.717, 1.165) is 49.2 Å². The van der Waals surface area contributed by atoms with E-state index in [4.69, 9.17) is 9.72 Å². The minimum Gasteiger partial charge on any atom is -0.379 e. The maximum atomic E-state index is 5.94. The average Bonchev–Trinajstić information content (AvgIpc) is 3.52. The fraction of sp³-hybridized carbons (Fsp3) is 0.800. The molecule has 164 valence electrons. The third kappa shape index (κ3) is 3.92. The first kappa shape index (κ1) is 20.1. The number of anilines is 2. The fourth-order valence-electron chi connectivity index (χ4n) is 5.31. The zero-order valence-corrected chi connectivity index (χ0v) is 19.0. The molecule has 0 unspecified atom stereocenters. The van der Waals surface area contributed by atoms with Gasteiger partial charge in [-0.1, -0.05) is 5.21 Å². The lowest BCUT2D eigenvalue weighted by atomic mass is 9.77. The third-order valence-corrected chi connectivity index (χ3v) is 7.71. The average molecular weight is 433 g/mol. The summed E-state index contributed by atoms with van der Waals surface area (Å²) in [6.07, 6.45) is 7.06. The van der Waals surface area contributed by atoms with Gasteiger partial charge in [-0.15, -0.1) is 5.10 Å². The van der Waals surface area contributed by atoms with Crippen molar-refractivity contribution in [3.05, 3.63) is 11.9 Å². The first-order valence-electron chi connectivity index (χ1n) is 11.0. The van der Waals surface area contributed by atoms with E-state index in [1.54, 1.807) is 0 Å². The van der Waals surface area contributed by atoms with Crippen LogP contribution in [0.1, 0.15) is 37.4 Å². The van der Waals surface area contributed by atoms with Gasteiger partial charge in [-0.2, -0.15) is 9.36 Å². The monoisotopic (exact) mass is 432 g/mol. The van der Waals surface area contributed by atoms with E-state index in [1.807, 2.05) is 26.1 Å². The summed E-state index contributed by atoms with van der Waals surface area (Å²) in [5.41, 5.74) is 1.08. The second-order valence-electron chi connectivity index (χ2n) is 9.18. The molecule has 3 aliphatic rings. The van der Waals surface area contributed by atoms with Crippen molar-refractivity contribution in [1.29, 1.82) is 0 Å². The molecule has 0 N–H and O–H groups in total. The number of hydrogen-bond donors (Lipinski definition) is 0. The van der Waals surface area contributed by atoms with Gasteiger partial charge in [0.2, 0.25) is 11.1 Å². The van der Waals surface area contributed by atoms with Gasteiger partial charge in [0.1, 0.15) is 0 Å². The second kappa shape index (κ2) is 8.39. The standard InChI is InChI=1S/C20H32N8OS/c1-25(2)19-21-20(30-23-19)27-10-14-8-17(18(29-3)9-15(14)11-27)28-13-16(22-24-28)12-26-6-4-5-7-26/h13-15,17-18H,4-12H2,1-3H3/t14-,15+,17-,18-/m1/s1. The summed E-state index contributed by atoms with van der Waals surface area (Å²) in [6, 6.07) is 0.253. The maximum Gasteiger partial charge on any atom is 0.238 e. The summed E-state index contributed by atoms with van der Waals surface area (Å²) in [5, 5.41) is 10.0. The molecular weight excluding hydrogens is 400 g/mol. The third-order valence-electron chi connectivity index (χ3n) is 6.94. The first-order chi connectivity index (χ1) is 14.6. The van der Waals surface area contributed by atoms with E-state index < -0.39 is 0 Å². The highest BCUT2D eigenvalue weighted by molar-refractivity contribution is 7.09.